The van der Waals surface area contributed by atoms with Crippen molar-refractivity contribution in [3.05, 3.63) is 59.1 Å². The van der Waals surface area contributed by atoms with Crippen molar-refractivity contribution >= 4 is 29.3 Å². The molecule has 134 valence electrons. The van der Waals surface area contributed by atoms with E-state index in [1.807, 2.05) is 43.3 Å². The van der Waals surface area contributed by atoms with Crippen LogP contribution in [0.15, 0.2) is 53.4 Å². The van der Waals surface area contributed by atoms with Crippen LogP contribution < -0.4 is 10.1 Å². The summed E-state index contributed by atoms with van der Waals surface area (Å²) in [6.07, 6.45) is 1.78. The standard InChI is InChI=1S/C20H24ClNO2S/c1-3-15-5-9-17(10-6-15)24-14-13-22-20(23)19(4-2)25-18-11-7-16(21)8-12-18/h5-12,19H,3-4,13-14H2,1-2H3,(H,22,23). The predicted molar refractivity (Wildman–Crippen MR) is 106 cm³/mol. The molecule has 0 aromatic heterocycles. The van der Waals surface area contributed by atoms with Crippen LogP contribution in [0.3, 0.4) is 0 Å². The van der Waals surface area contributed by atoms with E-state index in [0.717, 1.165) is 23.5 Å². The molecule has 0 aliphatic rings. The van der Waals surface area contributed by atoms with Crippen LogP contribution >= 0.6 is 23.4 Å². The second-order valence-electron chi connectivity index (χ2n) is 5.61. The molecule has 0 saturated heterocycles. The van der Waals surface area contributed by atoms with Crippen molar-refractivity contribution in [2.24, 2.45) is 0 Å². The molecular weight excluding hydrogens is 354 g/mol. The fraction of sp³-hybridized carbons (Fsp3) is 0.350. The van der Waals surface area contributed by atoms with Gasteiger partial charge in [-0.2, -0.15) is 0 Å². The minimum absolute atomic E-state index is 0.0346. The molecule has 0 heterocycles. The molecule has 1 unspecified atom stereocenters. The lowest BCUT2D eigenvalue weighted by atomic mass is 10.2. The Morgan fingerprint density at radius 3 is 2.40 bits per heavy atom. The van der Waals surface area contributed by atoms with Gasteiger partial charge in [0.15, 0.2) is 0 Å². The maximum Gasteiger partial charge on any atom is 0.233 e. The fourth-order valence-corrected chi connectivity index (χ4v) is 3.38. The molecule has 5 heteroatoms. The highest BCUT2D eigenvalue weighted by atomic mass is 35.5. The molecule has 0 aliphatic carbocycles. The molecule has 2 aromatic rings. The largest absolute Gasteiger partial charge is 0.492 e. The summed E-state index contributed by atoms with van der Waals surface area (Å²) in [6, 6.07) is 15.6. The summed E-state index contributed by atoms with van der Waals surface area (Å²) >= 11 is 7.45. The molecule has 0 aliphatic heterocycles. The monoisotopic (exact) mass is 377 g/mol. The Balaban J connectivity index is 1.74. The normalized spacial score (nSPS) is 11.8. The Labute approximate surface area is 159 Å². The molecule has 0 radical (unpaired) electrons. The Kier molecular flexibility index (Phi) is 8.16. The summed E-state index contributed by atoms with van der Waals surface area (Å²) in [5.41, 5.74) is 1.28. The van der Waals surface area contributed by atoms with Crippen LogP contribution in [0, 0.1) is 0 Å². The van der Waals surface area contributed by atoms with Crippen LogP contribution in [0.5, 0.6) is 5.75 Å². The molecule has 1 amide bonds. The van der Waals surface area contributed by atoms with Crippen molar-refractivity contribution in [3.63, 3.8) is 0 Å². The lowest BCUT2D eigenvalue weighted by molar-refractivity contribution is -0.120. The molecule has 0 saturated carbocycles. The number of carbonyl (C=O) groups excluding carboxylic acids is 1. The molecule has 0 spiro atoms. The van der Waals surface area contributed by atoms with Crippen LogP contribution in [0.2, 0.25) is 5.02 Å². The molecule has 1 N–H and O–H groups in total. The van der Waals surface area contributed by atoms with E-state index in [9.17, 15) is 4.79 Å². The van der Waals surface area contributed by atoms with Gasteiger partial charge in [0.1, 0.15) is 12.4 Å². The van der Waals surface area contributed by atoms with Crippen molar-refractivity contribution in [2.45, 2.75) is 36.8 Å². The number of hydrogen-bond acceptors (Lipinski definition) is 3. The van der Waals surface area contributed by atoms with Gasteiger partial charge in [0.05, 0.1) is 11.8 Å². The van der Waals surface area contributed by atoms with Gasteiger partial charge < -0.3 is 10.1 Å². The summed E-state index contributed by atoms with van der Waals surface area (Å²) in [5, 5.41) is 3.53. The first-order valence-corrected chi connectivity index (χ1v) is 9.79. The number of benzene rings is 2. The minimum Gasteiger partial charge on any atom is -0.492 e. The zero-order valence-corrected chi connectivity index (χ0v) is 16.2. The van der Waals surface area contributed by atoms with Crippen LogP contribution in [-0.4, -0.2) is 24.3 Å². The summed E-state index contributed by atoms with van der Waals surface area (Å²) in [6.45, 7) is 5.09. The third-order valence-electron chi connectivity index (χ3n) is 3.76. The van der Waals surface area contributed by atoms with Gasteiger partial charge in [-0.15, -0.1) is 11.8 Å². The lowest BCUT2D eigenvalue weighted by Crippen LogP contribution is -2.35. The van der Waals surface area contributed by atoms with Gasteiger partial charge in [-0.3, -0.25) is 4.79 Å². The average molecular weight is 378 g/mol. The fourth-order valence-electron chi connectivity index (χ4n) is 2.28. The van der Waals surface area contributed by atoms with Gasteiger partial charge in [-0.05, 0) is 54.8 Å². The Hall–Kier alpha value is -1.65. The first-order chi connectivity index (χ1) is 12.1. The zero-order valence-electron chi connectivity index (χ0n) is 14.6. The third kappa shape index (κ3) is 6.63. The predicted octanol–water partition coefficient (Wildman–Crippen LogP) is 4.97. The second-order valence-corrected chi connectivity index (χ2v) is 7.32. The van der Waals surface area contributed by atoms with E-state index in [-0.39, 0.29) is 11.2 Å². The van der Waals surface area contributed by atoms with Gasteiger partial charge in [0, 0.05) is 9.92 Å². The number of nitrogens with one attached hydrogen (secondary N) is 1. The SMILES string of the molecule is CCc1ccc(OCCNC(=O)C(CC)Sc2ccc(Cl)cc2)cc1. The van der Waals surface area contributed by atoms with E-state index in [1.54, 1.807) is 11.8 Å². The number of hydrogen-bond donors (Lipinski definition) is 1. The van der Waals surface area contributed by atoms with Crippen LogP contribution in [0.25, 0.3) is 0 Å². The Morgan fingerprint density at radius 2 is 1.80 bits per heavy atom. The number of halogens is 1. The van der Waals surface area contributed by atoms with Crippen molar-refractivity contribution in [1.29, 1.82) is 0 Å². The molecular formula is C20H24ClNO2S. The highest BCUT2D eigenvalue weighted by Gasteiger charge is 2.17. The Bertz CT molecular complexity index is 658. The average Bonchev–Trinajstić information content (AvgIpc) is 2.65. The lowest BCUT2D eigenvalue weighted by Gasteiger charge is -2.15. The molecule has 25 heavy (non-hydrogen) atoms. The quantitative estimate of drug-likeness (QED) is 0.495. The van der Waals surface area contributed by atoms with Gasteiger partial charge in [-0.1, -0.05) is 37.6 Å². The first kappa shape index (κ1) is 19.7. The van der Waals surface area contributed by atoms with Crippen molar-refractivity contribution in [2.75, 3.05) is 13.2 Å². The number of amides is 1. The Morgan fingerprint density at radius 1 is 1.12 bits per heavy atom. The molecule has 2 rings (SSSR count). The first-order valence-electron chi connectivity index (χ1n) is 8.54. The van der Waals surface area contributed by atoms with E-state index < -0.39 is 0 Å². The molecule has 0 fully saturated rings. The third-order valence-corrected chi connectivity index (χ3v) is 5.39. The van der Waals surface area contributed by atoms with Crippen molar-refractivity contribution < 1.29 is 9.53 Å². The van der Waals surface area contributed by atoms with Crippen molar-refractivity contribution in [3.8, 4) is 5.75 Å². The molecule has 0 bridgehead atoms. The molecule has 3 nitrogen and oxygen atoms in total. The smallest absolute Gasteiger partial charge is 0.233 e. The summed E-state index contributed by atoms with van der Waals surface area (Å²) < 4.78 is 5.66. The molecule has 2 aromatic carbocycles. The van der Waals surface area contributed by atoms with Gasteiger partial charge in [0.25, 0.3) is 0 Å². The molecule has 1 atom stereocenters. The van der Waals surface area contributed by atoms with Crippen LogP contribution in [-0.2, 0) is 11.2 Å². The van der Waals surface area contributed by atoms with Crippen LogP contribution in [0.1, 0.15) is 25.8 Å². The number of rotatable bonds is 9. The highest BCUT2D eigenvalue weighted by Crippen LogP contribution is 2.26. The van der Waals surface area contributed by atoms with E-state index in [0.29, 0.717) is 18.2 Å². The van der Waals surface area contributed by atoms with Gasteiger partial charge >= 0.3 is 0 Å². The number of aryl methyl sites for hydroxylation is 1. The zero-order chi connectivity index (χ0) is 18.1. The summed E-state index contributed by atoms with van der Waals surface area (Å²) in [5.74, 6) is 0.862. The maximum atomic E-state index is 12.3. The van der Waals surface area contributed by atoms with Gasteiger partial charge in [0.2, 0.25) is 5.91 Å². The van der Waals surface area contributed by atoms with E-state index in [1.165, 1.54) is 5.56 Å². The number of thioether (sulfide) groups is 1. The second kappa shape index (κ2) is 10.4. The van der Waals surface area contributed by atoms with E-state index >= 15 is 0 Å². The minimum atomic E-state index is -0.120. The summed E-state index contributed by atoms with van der Waals surface area (Å²) in [7, 11) is 0. The summed E-state index contributed by atoms with van der Waals surface area (Å²) in [4.78, 5) is 13.4. The van der Waals surface area contributed by atoms with E-state index in [2.05, 4.69) is 24.4 Å². The topological polar surface area (TPSA) is 38.3 Å². The maximum absolute atomic E-state index is 12.3. The van der Waals surface area contributed by atoms with E-state index in [4.69, 9.17) is 16.3 Å². The van der Waals surface area contributed by atoms with Gasteiger partial charge in [-0.25, -0.2) is 0 Å². The number of ether oxygens (including phenoxy) is 1. The number of carbonyl (C=O) groups is 1. The highest BCUT2D eigenvalue weighted by molar-refractivity contribution is 8.00. The van der Waals surface area contributed by atoms with Crippen molar-refractivity contribution in [1.82, 2.24) is 5.32 Å². The van der Waals surface area contributed by atoms with Crippen LogP contribution in [0.4, 0.5) is 0 Å².